The normalized spacial score (nSPS) is 17.7. The number of aliphatic hydroxyl groups is 5. The van der Waals surface area contributed by atoms with Gasteiger partial charge in [-0.05, 0) is 79.5 Å². The Labute approximate surface area is 297 Å². The molecule has 13 heteroatoms. The maximum Gasteiger partial charge on any atom is 0.317 e. The topological polar surface area (TPSA) is 174 Å². The van der Waals surface area contributed by atoms with E-state index in [0.717, 1.165) is 64.8 Å². The lowest BCUT2D eigenvalue weighted by Gasteiger charge is -2.28. The summed E-state index contributed by atoms with van der Waals surface area (Å²) in [7, 11) is 1.44. The van der Waals surface area contributed by atoms with Gasteiger partial charge in [0.1, 0.15) is 36.3 Å². The molecule has 1 aliphatic heterocycles. The molecule has 4 unspecified atom stereocenters. The van der Waals surface area contributed by atoms with Crippen LogP contribution in [0.4, 0.5) is 4.79 Å². The molecule has 12 nitrogen and oxygen atoms in total. The monoisotopic (exact) mass is 713 g/mol. The summed E-state index contributed by atoms with van der Waals surface area (Å²) in [5.41, 5.74) is 5.77. The predicted molar refractivity (Wildman–Crippen MR) is 187 cm³/mol. The van der Waals surface area contributed by atoms with Crippen LogP contribution in [0, 0.1) is 6.92 Å². The second-order valence-electron chi connectivity index (χ2n) is 13.2. The van der Waals surface area contributed by atoms with Crippen molar-refractivity contribution in [3.63, 3.8) is 0 Å². The summed E-state index contributed by atoms with van der Waals surface area (Å²) in [5, 5.41) is 51.7. The number of carbonyl (C=O) groups is 1. The molecule has 2 amide bonds. The van der Waals surface area contributed by atoms with Gasteiger partial charge >= 0.3 is 6.03 Å². The molecular formula is C37H48ClN3O9. The zero-order chi connectivity index (χ0) is 35.8. The number of aliphatic hydroxyl groups excluding tert-OH is 5. The van der Waals surface area contributed by atoms with Gasteiger partial charge in [0.15, 0.2) is 0 Å². The summed E-state index contributed by atoms with van der Waals surface area (Å²) in [5.74, 6) is 0.818. The molecule has 272 valence electrons. The van der Waals surface area contributed by atoms with Gasteiger partial charge in [0.25, 0.3) is 0 Å². The Balaban J connectivity index is 1.11. The van der Waals surface area contributed by atoms with E-state index < -0.39 is 42.7 Å². The van der Waals surface area contributed by atoms with Crippen LogP contribution >= 0.6 is 11.6 Å². The Morgan fingerprint density at radius 1 is 1.06 bits per heavy atom. The van der Waals surface area contributed by atoms with Crippen molar-refractivity contribution in [2.75, 3.05) is 40.0 Å². The molecule has 2 fully saturated rings. The Bertz CT molecular complexity index is 1590. The molecule has 0 radical (unpaired) electrons. The third-order valence-electron chi connectivity index (χ3n) is 9.39. The molecule has 2 aliphatic rings. The number of ether oxygens (including phenoxy) is 3. The van der Waals surface area contributed by atoms with Crippen molar-refractivity contribution in [2.45, 2.75) is 81.8 Å². The summed E-state index contributed by atoms with van der Waals surface area (Å²) in [4.78, 5) is 18.1. The number of para-hydroxylation sites is 1. The first-order valence-electron chi connectivity index (χ1n) is 17.0. The number of aromatic nitrogens is 1. The molecule has 6 N–H and O–H groups in total. The number of halogens is 1. The Morgan fingerprint density at radius 3 is 2.50 bits per heavy atom. The number of benzene rings is 2. The average Bonchev–Trinajstić information content (AvgIpc) is 3.90. The van der Waals surface area contributed by atoms with Crippen LogP contribution in [0.2, 0.25) is 5.02 Å². The quantitative estimate of drug-likeness (QED) is 0.108. The molecule has 0 spiro atoms. The van der Waals surface area contributed by atoms with Crippen LogP contribution in [0.5, 0.6) is 5.75 Å². The lowest BCUT2D eigenvalue weighted by molar-refractivity contribution is -0.117. The van der Waals surface area contributed by atoms with Crippen LogP contribution < -0.4 is 10.1 Å². The van der Waals surface area contributed by atoms with Crippen LogP contribution in [0.15, 0.2) is 54.9 Å². The van der Waals surface area contributed by atoms with E-state index in [1.54, 1.807) is 6.20 Å². The third kappa shape index (κ3) is 9.31. The van der Waals surface area contributed by atoms with Gasteiger partial charge in [-0.3, -0.25) is 4.98 Å². The minimum Gasteiger partial charge on any atom is -0.485 e. The van der Waals surface area contributed by atoms with Crippen molar-refractivity contribution in [3.05, 3.63) is 82.1 Å². The molecular weight excluding hydrogens is 666 g/mol. The summed E-state index contributed by atoms with van der Waals surface area (Å²) < 4.78 is 18.2. The Kier molecular flexibility index (Phi) is 13.1. The highest BCUT2D eigenvalue weighted by Crippen LogP contribution is 2.53. The second kappa shape index (κ2) is 17.3. The van der Waals surface area contributed by atoms with E-state index >= 15 is 0 Å². The minimum absolute atomic E-state index is 0.0557. The van der Waals surface area contributed by atoms with Gasteiger partial charge in [0.2, 0.25) is 0 Å². The van der Waals surface area contributed by atoms with Crippen molar-refractivity contribution in [2.24, 2.45) is 0 Å². The lowest BCUT2D eigenvalue weighted by Crippen LogP contribution is -2.51. The predicted octanol–water partition coefficient (Wildman–Crippen LogP) is 3.09. The van der Waals surface area contributed by atoms with Gasteiger partial charge < -0.3 is 50.0 Å². The average molecular weight is 714 g/mol. The molecule has 1 saturated heterocycles. The zero-order valence-corrected chi connectivity index (χ0v) is 29.3. The van der Waals surface area contributed by atoms with Crippen molar-refractivity contribution >= 4 is 17.6 Å². The molecule has 1 aliphatic carbocycles. The summed E-state index contributed by atoms with van der Waals surface area (Å²) in [6.45, 7) is 2.95. The fourth-order valence-electron chi connectivity index (χ4n) is 6.03. The fourth-order valence-corrected chi connectivity index (χ4v) is 6.28. The highest BCUT2D eigenvalue weighted by Gasteiger charge is 2.48. The number of unbranched alkanes of at least 4 members (excludes halogenated alkanes) is 1. The van der Waals surface area contributed by atoms with Gasteiger partial charge in [-0.25, -0.2) is 4.79 Å². The first kappa shape index (κ1) is 37.9. The number of rotatable bonds is 18. The molecule has 4 atom stereocenters. The van der Waals surface area contributed by atoms with E-state index in [-0.39, 0.29) is 12.6 Å². The summed E-state index contributed by atoms with van der Waals surface area (Å²) >= 11 is 6.78. The zero-order valence-electron chi connectivity index (χ0n) is 28.5. The van der Waals surface area contributed by atoms with Crippen molar-refractivity contribution in [1.82, 2.24) is 15.2 Å². The van der Waals surface area contributed by atoms with Crippen molar-refractivity contribution in [3.8, 4) is 16.9 Å². The number of nitrogens with zero attached hydrogens (tertiary/aromatic N) is 2. The molecule has 5 rings (SSSR count). The number of hydrogen-bond acceptors (Lipinski definition) is 10. The van der Waals surface area contributed by atoms with Crippen LogP contribution in [-0.2, 0) is 28.1 Å². The number of aryl methyl sites for hydroxylation is 2. The maximum atomic E-state index is 12.4. The third-order valence-corrected chi connectivity index (χ3v) is 9.74. The first-order valence-corrected chi connectivity index (χ1v) is 17.4. The minimum atomic E-state index is -1.75. The van der Waals surface area contributed by atoms with E-state index in [2.05, 4.69) is 29.4 Å². The van der Waals surface area contributed by atoms with Crippen LogP contribution in [0.1, 0.15) is 47.9 Å². The largest absolute Gasteiger partial charge is 0.485 e. The molecule has 3 aromatic rings. The first-order chi connectivity index (χ1) is 24.0. The summed E-state index contributed by atoms with van der Waals surface area (Å²) in [6, 6.07) is 13.7. The van der Waals surface area contributed by atoms with Crippen LogP contribution in [-0.4, -0.2) is 112 Å². The Morgan fingerprint density at radius 2 is 1.80 bits per heavy atom. The number of pyridine rings is 1. The van der Waals surface area contributed by atoms with Gasteiger partial charge in [0, 0.05) is 42.1 Å². The lowest BCUT2D eigenvalue weighted by atomic mass is 9.96. The molecule has 1 aromatic heterocycles. The SMILES string of the molecule is Cc1cc(COC2(c3cnccc3-c3ccccc3OC3COC3)CC2)c(Cl)cc1CCCCNC(=O)N(C)CC(O)C(O)C(O)C(O)CO. The van der Waals surface area contributed by atoms with Crippen molar-refractivity contribution in [1.29, 1.82) is 0 Å². The smallest absolute Gasteiger partial charge is 0.317 e. The number of nitrogens with one attached hydrogen (secondary N) is 1. The number of urea groups is 1. The van der Waals surface area contributed by atoms with E-state index in [1.807, 2.05) is 36.5 Å². The molecule has 2 heterocycles. The van der Waals surface area contributed by atoms with Gasteiger partial charge in [0.05, 0.1) is 38.6 Å². The molecule has 50 heavy (non-hydrogen) atoms. The van der Waals surface area contributed by atoms with Crippen LogP contribution in [0.3, 0.4) is 0 Å². The van der Waals surface area contributed by atoms with E-state index in [1.165, 1.54) is 11.9 Å². The number of amides is 2. The number of carbonyl (C=O) groups excluding carboxylic acids is 1. The van der Waals surface area contributed by atoms with E-state index in [9.17, 15) is 25.2 Å². The van der Waals surface area contributed by atoms with E-state index in [4.69, 9.17) is 30.9 Å². The van der Waals surface area contributed by atoms with Crippen molar-refractivity contribution < 1.29 is 44.5 Å². The van der Waals surface area contributed by atoms with E-state index in [0.29, 0.717) is 37.8 Å². The van der Waals surface area contributed by atoms with Crippen LogP contribution in [0.25, 0.3) is 11.1 Å². The highest BCUT2D eigenvalue weighted by atomic mass is 35.5. The highest BCUT2D eigenvalue weighted by molar-refractivity contribution is 6.31. The Hall–Kier alpha value is -3.33. The summed E-state index contributed by atoms with van der Waals surface area (Å²) in [6.07, 6.45) is 1.19. The fraction of sp³-hybridized carbons (Fsp3) is 0.514. The number of likely N-dealkylation sites (N-methyl/N-ethyl adjacent to an activating group) is 1. The number of hydrogen-bond donors (Lipinski definition) is 6. The van der Waals surface area contributed by atoms with Gasteiger partial charge in [-0.1, -0.05) is 35.9 Å². The standard InChI is InChI=1S/C37H48ClN3O9/c1-23-15-25(30(38)16-24(23)7-5-6-13-40-36(47)41(2)18-31(43)34(45)35(46)32(44)19-42)20-49-37(11-12-37)29-17-39-14-10-27(29)28-8-3-4-9-33(28)50-26-21-48-22-26/h3-4,8-10,14-17,26,31-32,34-35,42-46H,5-7,11-13,18-22H2,1-2H3,(H,40,47). The molecule has 0 bridgehead atoms. The second-order valence-corrected chi connectivity index (χ2v) is 13.6. The molecule has 1 saturated carbocycles. The van der Waals surface area contributed by atoms with Gasteiger partial charge in [-0.2, -0.15) is 0 Å². The maximum absolute atomic E-state index is 12.4. The molecule has 2 aromatic carbocycles. The van der Waals surface area contributed by atoms with Gasteiger partial charge in [-0.15, -0.1) is 0 Å².